The second-order valence-electron chi connectivity index (χ2n) is 6.21. The van der Waals surface area contributed by atoms with Crippen molar-refractivity contribution in [2.24, 2.45) is 0 Å². The van der Waals surface area contributed by atoms with E-state index in [1.807, 2.05) is 49.4 Å². The molecule has 0 aliphatic carbocycles. The Morgan fingerprint density at radius 3 is 2.67 bits per heavy atom. The molecule has 3 aromatic rings. The Kier molecular flexibility index (Phi) is 6.24. The highest BCUT2D eigenvalue weighted by atomic mass is 32.2. The Bertz CT molecular complexity index is 922. The normalized spacial score (nSPS) is 10.8. The van der Waals surface area contributed by atoms with Crippen molar-refractivity contribution in [2.75, 3.05) is 12.9 Å². The fraction of sp³-hybridized carbons (Fsp3) is 0.300. The minimum Gasteiger partial charge on any atom is -0.494 e. The van der Waals surface area contributed by atoms with Gasteiger partial charge in [-0.3, -0.25) is 4.79 Å². The number of nitrogens with zero attached hydrogens (tertiary/aromatic N) is 4. The van der Waals surface area contributed by atoms with Crippen LogP contribution in [0.4, 0.5) is 0 Å². The lowest BCUT2D eigenvalue weighted by Gasteiger charge is -2.10. The topological polar surface area (TPSA) is 69.9 Å². The van der Waals surface area contributed by atoms with Gasteiger partial charge in [-0.1, -0.05) is 55.4 Å². The number of tetrazole rings is 1. The van der Waals surface area contributed by atoms with Crippen molar-refractivity contribution in [1.82, 2.24) is 20.2 Å². The van der Waals surface area contributed by atoms with Crippen LogP contribution in [-0.4, -0.2) is 38.9 Å². The number of carbonyl (C=O) groups is 1. The molecule has 27 heavy (non-hydrogen) atoms. The number of ketones is 1. The molecule has 1 heterocycles. The smallest absolute Gasteiger partial charge is 0.214 e. The molecule has 0 saturated carbocycles. The molecule has 0 aliphatic rings. The minimum absolute atomic E-state index is 0.0498. The van der Waals surface area contributed by atoms with Crippen molar-refractivity contribution < 1.29 is 9.53 Å². The molecule has 0 radical (unpaired) electrons. The van der Waals surface area contributed by atoms with Gasteiger partial charge in [0.2, 0.25) is 5.16 Å². The van der Waals surface area contributed by atoms with Crippen LogP contribution in [0.25, 0.3) is 5.69 Å². The maximum absolute atomic E-state index is 12.5. The number of benzene rings is 2. The van der Waals surface area contributed by atoms with E-state index in [1.54, 1.807) is 11.8 Å². The third-order valence-electron chi connectivity index (χ3n) is 4.15. The molecule has 0 bridgehead atoms. The number of methoxy groups -OCH3 is 1. The highest BCUT2D eigenvalue weighted by molar-refractivity contribution is 7.99. The van der Waals surface area contributed by atoms with Crippen LogP contribution in [0.15, 0.2) is 47.6 Å². The number of hydrogen-bond acceptors (Lipinski definition) is 6. The summed E-state index contributed by atoms with van der Waals surface area (Å²) in [6, 6.07) is 13.6. The summed E-state index contributed by atoms with van der Waals surface area (Å²) in [6.45, 7) is 4.13. The average Bonchev–Trinajstić information content (AvgIpc) is 3.15. The van der Waals surface area contributed by atoms with Crippen LogP contribution in [0, 0.1) is 6.92 Å². The first-order valence-corrected chi connectivity index (χ1v) is 9.79. The molecule has 6 nitrogen and oxygen atoms in total. The van der Waals surface area contributed by atoms with E-state index in [9.17, 15) is 4.79 Å². The number of hydrogen-bond donors (Lipinski definition) is 0. The summed E-state index contributed by atoms with van der Waals surface area (Å²) in [7, 11) is 1.61. The van der Waals surface area contributed by atoms with E-state index in [1.165, 1.54) is 17.3 Å². The van der Waals surface area contributed by atoms with Gasteiger partial charge in [-0.25, -0.2) is 0 Å². The molecule has 0 spiro atoms. The third-order valence-corrected chi connectivity index (χ3v) is 5.07. The lowest BCUT2D eigenvalue weighted by molar-refractivity contribution is 0.102. The zero-order chi connectivity index (χ0) is 19.2. The van der Waals surface area contributed by atoms with Crippen molar-refractivity contribution in [2.45, 2.75) is 31.8 Å². The predicted molar refractivity (Wildman–Crippen MR) is 106 cm³/mol. The van der Waals surface area contributed by atoms with Crippen LogP contribution in [0.2, 0.25) is 0 Å². The zero-order valence-electron chi connectivity index (χ0n) is 15.7. The van der Waals surface area contributed by atoms with Crippen molar-refractivity contribution in [1.29, 1.82) is 0 Å². The molecule has 0 amide bonds. The highest BCUT2D eigenvalue weighted by Gasteiger charge is 2.16. The summed E-state index contributed by atoms with van der Waals surface area (Å²) < 4.78 is 7.02. The lowest BCUT2D eigenvalue weighted by atomic mass is 10.1. The summed E-state index contributed by atoms with van der Waals surface area (Å²) in [4.78, 5) is 12.5. The number of Topliss-reactive ketones (excluding diaryl/α,β-unsaturated/α-hetero) is 1. The van der Waals surface area contributed by atoms with Gasteiger partial charge in [-0.15, -0.1) is 5.10 Å². The third kappa shape index (κ3) is 4.54. The highest BCUT2D eigenvalue weighted by Crippen LogP contribution is 2.27. The van der Waals surface area contributed by atoms with Crippen LogP contribution in [-0.2, 0) is 6.42 Å². The second-order valence-corrected chi connectivity index (χ2v) is 7.15. The van der Waals surface area contributed by atoms with E-state index >= 15 is 0 Å². The van der Waals surface area contributed by atoms with E-state index < -0.39 is 0 Å². The average molecular weight is 382 g/mol. The lowest BCUT2D eigenvalue weighted by Crippen LogP contribution is -2.06. The van der Waals surface area contributed by atoms with E-state index in [0.717, 1.165) is 24.1 Å². The van der Waals surface area contributed by atoms with Crippen LogP contribution in [0.1, 0.15) is 34.8 Å². The molecule has 0 unspecified atom stereocenters. The van der Waals surface area contributed by atoms with Crippen molar-refractivity contribution in [3.05, 3.63) is 59.2 Å². The molecule has 0 saturated heterocycles. The van der Waals surface area contributed by atoms with Gasteiger partial charge in [0, 0.05) is 5.56 Å². The molecule has 7 heteroatoms. The number of aromatic nitrogens is 4. The van der Waals surface area contributed by atoms with Gasteiger partial charge in [0.25, 0.3) is 0 Å². The van der Waals surface area contributed by atoms with Crippen molar-refractivity contribution in [3.63, 3.8) is 0 Å². The molecule has 1 aromatic heterocycles. The number of aryl methyl sites for hydroxylation is 2. The SMILES string of the molecule is CCCc1ccc(C(=O)CSc2nnnn2-c2cc(C)ccc2OC)cc1. The zero-order valence-corrected chi connectivity index (χ0v) is 16.5. The molecule has 140 valence electrons. The number of rotatable bonds is 8. The Hall–Kier alpha value is -2.67. The standard InChI is InChI=1S/C20H22N4O2S/c1-4-5-15-7-9-16(10-8-15)18(25)13-27-20-21-22-23-24(20)17-12-14(2)6-11-19(17)26-3/h6-12H,4-5,13H2,1-3H3. The van der Waals surface area contributed by atoms with E-state index in [2.05, 4.69) is 22.4 Å². The quantitative estimate of drug-likeness (QED) is 0.435. The molecular formula is C20H22N4O2S. The molecular weight excluding hydrogens is 360 g/mol. The summed E-state index contributed by atoms with van der Waals surface area (Å²) in [5, 5.41) is 12.4. The molecule has 0 aliphatic heterocycles. The Morgan fingerprint density at radius 1 is 1.19 bits per heavy atom. The summed E-state index contributed by atoms with van der Waals surface area (Å²) in [6.07, 6.45) is 2.12. The molecule has 0 atom stereocenters. The van der Waals surface area contributed by atoms with Crippen LogP contribution < -0.4 is 4.74 Å². The van der Waals surface area contributed by atoms with E-state index in [4.69, 9.17) is 4.74 Å². The second kappa shape index (κ2) is 8.81. The van der Waals surface area contributed by atoms with E-state index in [-0.39, 0.29) is 11.5 Å². The molecule has 3 rings (SSSR count). The summed E-state index contributed by atoms with van der Waals surface area (Å²) >= 11 is 1.31. The first-order valence-electron chi connectivity index (χ1n) is 8.80. The van der Waals surface area contributed by atoms with Crippen LogP contribution in [0.5, 0.6) is 5.75 Å². The van der Waals surface area contributed by atoms with Gasteiger partial charge in [0.05, 0.1) is 12.9 Å². The van der Waals surface area contributed by atoms with Crippen LogP contribution in [0.3, 0.4) is 0 Å². The summed E-state index contributed by atoms with van der Waals surface area (Å²) in [5.74, 6) is 0.989. The van der Waals surface area contributed by atoms with Gasteiger partial charge in [0.1, 0.15) is 11.4 Å². The van der Waals surface area contributed by atoms with Crippen molar-refractivity contribution in [3.8, 4) is 11.4 Å². The number of ether oxygens (including phenoxy) is 1. The monoisotopic (exact) mass is 382 g/mol. The van der Waals surface area contributed by atoms with Crippen molar-refractivity contribution >= 4 is 17.5 Å². The van der Waals surface area contributed by atoms with E-state index in [0.29, 0.717) is 16.5 Å². The first-order chi connectivity index (χ1) is 13.1. The van der Waals surface area contributed by atoms with Gasteiger partial charge in [-0.05, 0) is 47.0 Å². The summed E-state index contributed by atoms with van der Waals surface area (Å²) in [5.41, 5.74) is 3.77. The maximum atomic E-state index is 12.5. The van der Waals surface area contributed by atoms with Gasteiger partial charge >= 0.3 is 0 Å². The largest absolute Gasteiger partial charge is 0.494 e. The van der Waals surface area contributed by atoms with Gasteiger partial charge < -0.3 is 4.74 Å². The molecule has 0 fully saturated rings. The first kappa shape index (κ1) is 19.1. The Labute approximate surface area is 162 Å². The Morgan fingerprint density at radius 2 is 1.96 bits per heavy atom. The molecule has 2 aromatic carbocycles. The fourth-order valence-corrected chi connectivity index (χ4v) is 3.52. The molecule has 0 N–H and O–H groups in total. The Balaban J connectivity index is 1.74. The maximum Gasteiger partial charge on any atom is 0.214 e. The van der Waals surface area contributed by atoms with Gasteiger partial charge in [0.15, 0.2) is 5.78 Å². The fourth-order valence-electron chi connectivity index (χ4n) is 2.75. The number of carbonyl (C=O) groups excluding carboxylic acids is 1. The van der Waals surface area contributed by atoms with Gasteiger partial charge in [-0.2, -0.15) is 4.68 Å². The minimum atomic E-state index is 0.0498. The predicted octanol–water partition coefficient (Wildman–Crippen LogP) is 3.91. The number of thioether (sulfide) groups is 1. The van der Waals surface area contributed by atoms with Crippen LogP contribution >= 0.6 is 11.8 Å².